The van der Waals surface area contributed by atoms with Crippen LogP contribution in [0.1, 0.15) is 5.56 Å². The molecule has 0 radical (unpaired) electrons. The number of carbonyl (C=O) groups excluding carboxylic acids is 1. The number of rotatable bonds is 12. The molecule has 0 bridgehead atoms. The average molecular weight is 561 g/mol. The standard InChI is InChI=1S/C28H34F2N4O6/c1-37-16-27(35)34-10-9-33(17-28(36,18-34)19-40-22-4-5-23(29)24(30)14-22)15-21-3-6-25(26(13-21)38-2)39-12-11-32-8-7-31-20-32/h3-8,13-14,20,36H,9-12,15-19H2,1-2H3/t28-/m0/s1. The minimum atomic E-state index is -1.49. The Hall–Kier alpha value is -3.74. The second-order valence-electron chi connectivity index (χ2n) is 9.68. The molecule has 0 spiro atoms. The van der Waals surface area contributed by atoms with Gasteiger partial charge in [-0.1, -0.05) is 6.07 Å². The van der Waals surface area contributed by atoms with E-state index in [-0.39, 0.29) is 38.0 Å². The number of methoxy groups -OCH3 is 2. The van der Waals surface area contributed by atoms with E-state index in [9.17, 15) is 18.7 Å². The highest BCUT2D eigenvalue weighted by molar-refractivity contribution is 5.77. The van der Waals surface area contributed by atoms with Crippen LogP contribution in [0.2, 0.25) is 0 Å². The van der Waals surface area contributed by atoms with Gasteiger partial charge in [-0.2, -0.15) is 0 Å². The van der Waals surface area contributed by atoms with Gasteiger partial charge >= 0.3 is 0 Å². The molecule has 216 valence electrons. The van der Waals surface area contributed by atoms with Gasteiger partial charge in [-0.25, -0.2) is 13.8 Å². The van der Waals surface area contributed by atoms with E-state index in [1.165, 1.54) is 18.1 Å². The molecule has 12 heteroatoms. The Morgan fingerprint density at radius 3 is 2.62 bits per heavy atom. The summed E-state index contributed by atoms with van der Waals surface area (Å²) in [6, 6.07) is 8.81. The highest BCUT2D eigenvalue weighted by Crippen LogP contribution is 2.29. The molecule has 2 aromatic carbocycles. The maximum atomic E-state index is 13.7. The third kappa shape index (κ3) is 7.90. The lowest BCUT2D eigenvalue weighted by molar-refractivity contribution is -0.138. The number of halogens is 2. The Balaban J connectivity index is 1.45. The molecule has 0 aliphatic carbocycles. The molecule has 2 heterocycles. The summed E-state index contributed by atoms with van der Waals surface area (Å²) < 4.78 is 51.0. The Kier molecular flexibility index (Phi) is 9.91. The van der Waals surface area contributed by atoms with Crippen LogP contribution in [0.25, 0.3) is 0 Å². The van der Waals surface area contributed by atoms with E-state index in [0.717, 1.165) is 17.7 Å². The first-order chi connectivity index (χ1) is 19.3. The van der Waals surface area contributed by atoms with Crippen LogP contribution in [0, 0.1) is 11.6 Å². The predicted molar refractivity (Wildman–Crippen MR) is 141 cm³/mol. The molecule has 1 aliphatic rings. The lowest BCUT2D eigenvalue weighted by Crippen LogP contribution is -2.52. The number of hydrogen-bond acceptors (Lipinski definition) is 8. The van der Waals surface area contributed by atoms with Gasteiger partial charge in [0.05, 0.1) is 26.5 Å². The highest BCUT2D eigenvalue weighted by Gasteiger charge is 2.37. The van der Waals surface area contributed by atoms with Gasteiger partial charge in [-0.15, -0.1) is 0 Å². The zero-order chi connectivity index (χ0) is 28.5. The third-order valence-corrected chi connectivity index (χ3v) is 6.51. The van der Waals surface area contributed by atoms with Crippen LogP contribution < -0.4 is 14.2 Å². The number of carbonyl (C=O) groups is 1. The first-order valence-electron chi connectivity index (χ1n) is 12.8. The van der Waals surface area contributed by atoms with E-state index in [1.807, 2.05) is 33.9 Å². The Morgan fingerprint density at radius 1 is 1.05 bits per heavy atom. The van der Waals surface area contributed by atoms with Crippen molar-refractivity contribution in [2.45, 2.75) is 18.7 Å². The number of aliphatic hydroxyl groups is 1. The van der Waals surface area contributed by atoms with Crippen molar-refractivity contribution in [2.75, 3.05) is 60.2 Å². The fourth-order valence-corrected chi connectivity index (χ4v) is 4.55. The van der Waals surface area contributed by atoms with E-state index in [2.05, 4.69) is 4.98 Å². The Morgan fingerprint density at radius 2 is 1.90 bits per heavy atom. The number of hydrogen-bond donors (Lipinski definition) is 1. The zero-order valence-corrected chi connectivity index (χ0v) is 22.6. The molecule has 10 nitrogen and oxygen atoms in total. The van der Waals surface area contributed by atoms with Crippen LogP contribution in [-0.4, -0.2) is 96.2 Å². The molecular weight excluding hydrogens is 526 g/mol. The Bertz CT molecular complexity index is 1260. The molecule has 1 aromatic heterocycles. The lowest BCUT2D eigenvalue weighted by atomic mass is 10.0. The van der Waals surface area contributed by atoms with Crippen molar-refractivity contribution in [3.8, 4) is 17.2 Å². The number of benzene rings is 2. The minimum absolute atomic E-state index is 0.0115. The number of β-amino-alcohol motifs (C(OH)–C–C–N with tert-alkyl or cyclic N) is 1. The summed E-state index contributed by atoms with van der Waals surface area (Å²) in [5.41, 5.74) is -0.579. The summed E-state index contributed by atoms with van der Waals surface area (Å²) in [6.07, 6.45) is 5.29. The summed E-state index contributed by atoms with van der Waals surface area (Å²) in [7, 11) is 3.00. The minimum Gasteiger partial charge on any atom is -0.493 e. The van der Waals surface area contributed by atoms with Crippen LogP contribution in [-0.2, 0) is 22.6 Å². The Labute approximate surface area is 231 Å². The fourth-order valence-electron chi connectivity index (χ4n) is 4.55. The summed E-state index contributed by atoms with van der Waals surface area (Å²) in [5.74, 6) is -1.05. The van der Waals surface area contributed by atoms with Gasteiger partial charge in [-0.3, -0.25) is 9.69 Å². The van der Waals surface area contributed by atoms with Gasteiger partial charge in [0.2, 0.25) is 5.91 Å². The number of imidazole rings is 1. The molecule has 1 amide bonds. The average Bonchev–Trinajstić information content (AvgIpc) is 3.40. The van der Waals surface area contributed by atoms with Crippen molar-refractivity contribution in [3.05, 3.63) is 72.3 Å². The molecule has 4 rings (SSSR count). The van der Waals surface area contributed by atoms with E-state index in [4.69, 9.17) is 18.9 Å². The van der Waals surface area contributed by atoms with E-state index in [0.29, 0.717) is 44.3 Å². The van der Waals surface area contributed by atoms with Crippen molar-refractivity contribution in [2.24, 2.45) is 0 Å². The maximum Gasteiger partial charge on any atom is 0.248 e. The molecule has 0 saturated carbocycles. The highest BCUT2D eigenvalue weighted by atomic mass is 19.2. The van der Waals surface area contributed by atoms with Crippen LogP contribution in [0.4, 0.5) is 8.78 Å². The molecule has 1 aliphatic heterocycles. The van der Waals surface area contributed by atoms with E-state index < -0.39 is 17.2 Å². The first kappa shape index (κ1) is 29.2. The zero-order valence-electron chi connectivity index (χ0n) is 22.6. The summed E-state index contributed by atoms with van der Waals surface area (Å²) in [5, 5.41) is 11.6. The second-order valence-corrected chi connectivity index (χ2v) is 9.68. The van der Waals surface area contributed by atoms with E-state index >= 15 is 0 Å². The third-order valence-electron chi connectivity index (χ3n) is 6.51. The SMILES string of the molecule is COCC(=O)N1CCN(Cc2ccc(OCCn3ccnc3)c(OC)c2)C[C@@](O)(COc2ccc(F)c(F)c2)C1. The van der Waals surface area contributed by atoms with Crippen LogP contribution >= 0.6 is 0 Å². The van der Waals surface area contributed by atoms with Crippen LogP contribution in [0.15, 0.2) is 55.1 Å². The molecule has 40 heavy (non-hydrogen) atoms. The van der Waals surface area contributed by atoms with Gasteiger partial charge in [-0.05, 0) is 29.8 Å². The monoisotopic (exact) mass is 560 g/mol. The second kappa shape index (κ2) is 13.6. The number of aromatic nitrogens is 2. The van der Waals surface area contributed by atoms with Gasteiger partial charge in [0.25, 0.3) is 0 Å². The van der Waals surface area contributed by atoms with Gasteiger partial charge < -0.3 is 33.5 Å². The van der Waals surface area contributed by atoms with Crippen LogP contribution in [0.5, 0.6) is 17.2 Å². The molecule has 0 unspecified atom stereocenters. The number of nitrogens with zero attached hydrogens (tertiary/aromatic N) is 4. The maximum absolute atomic E-state index is 13.7. The largest absolute Gasteiger partial charge is 0.493 e. The molecular formula is C28H34F2N4O6. The smallest absolute Gasteiger partial charge is 0.248 e. The topological polar surface area (TPSA) is 98.5 Å². The summed E-state index contributed by atoms with van der Waals surface area (Å²) >= 11 is 0. The van der Waals surface area contributed by atoms with Crippen molar-refractivity contribution in [1.29, 1.82) is 0 Å². The van der Waals surface area contributed by atoms with Crippen molar-refractivity contribution >= 4 is 5.91 Å². The fraction of sp³-hybridized carbons (Fsp3) is 0.429. The molecule has 1 atom stereocenters. The quantitative estimate of drug-likeness (QED) is 0.361. The van der Waals surface area contributed by atoms with Crippen LogP contribution in [0.3, 0.4) is 0 Å². The van der Waals surface area contributed by atoms with E-state index in [1.54, 1.807) is 19.6 Å². The van der Waals surface area contributed by atoms with Crippen molar-refractivity contribution in [1.82, 2.24) is 19.4 Å². The number of ether oxygens (including phenoxy) is 4. The van der Waals surface area contributed by atoms with Crippen molar-refractivity contribution in [3.63, 3.8) is 0 Å². The molecule has 1 N–H and O–H groups in total. The molecule has 1 fully saturated rings. The summed E-state index contributed by atoms with van der Waals surface area (Å²) in [4.78, 5) is 20.2. The van der Waals surface area contributed by atoms with Gasteiger partial charge in [0.15, 0.2) is 23.1 Å². The normalized spacial score (nSPS) is 17.9. The molecule has 3 aromatic rings. The van der Waals surface area contributed by atoms with Gasteiger partial charge in [0, 0.05) is 51.7 Å². The van der Waals surface area contributed by atoms with Crippen molar-refractivity contribution < 1.29 is 37.6 Å². The molecule has 1 saturated heterocycles. The van der Waals surface area contributed by atoms with Gasteiger partial charge in [0.1, 0.15) is 31.2 Å². The summed E-state index contributed by atoms with van der Waals surface area (Å²) in [6.45, 7) is 2.16. The first-order valence-corrected chi connectivity index (χ1v) is 12.8. The lowest BCUT2D eigenvalue weighted by Gasteiger charge is -2.33. The predicted octanol–water partition coefficient (Wildman–Crippen LogP) is 2.35. The number of amides is 1.